The molecule has 0 radical (unpaired) electrons. The first-order valence-electron chi connectivity index (χ1n) is 9.60. The van der Waals surface area contributed by atoms with Crippen LogP contribution < -0.4 is 5.32 Å². The molecule has 7 nitrogen and oxygen atoms in total. The van der Waals surface area contributed by atoms with Crippen molar-refractivity contribution in [2.75, 3.05) is 7.11 Å². The molecule has 31 heavy (non-hydrogen) atoms. The van der Waals surface area contributed by atoms with E-state index < -0.39 is 9.84 Å². The summed E-state index contributed by atoms with van der Waals surface area (Å²) in [5.41, 5.74) is 2.86. The zero-order valence-corrected chi connectivity index (χ0v) is 17.6. The van der Waals surface area contributed by atoms with Crippen molar-refractivity contribution in [3.05, 3.63) is 89.9 Å². The van der Waals surface area contributed by atoms with Gasteiger partial charge in [-0.25, -0.2) is 8.42 Å². The number of rotatable bonds is 7. The van der Waals surface area contributed by atoms with E-state index in [2.05, 4.69) is 15.3 Å². The van der Waals surface area contributed by atoms with Gasteiger partial charge in [0.25, 0.3) is 5.91 Å². The van der Waals surface area contributed by atoms with Crippen LogP contribution in [0.25, 0.3) is 10.9 Å². The number of carbonyl (C=O) groups excluding carboxylic acids is 1. The molecule has 2 aromatic heterocycles. The second-order valence-electron chi connectivity index (χ2n) is 7.06. The Kier molecular flexibility index (Phi) is 5.83. The molecule has 0 fully saturated rings. The highest BCUT2D eigenvalue weighted by atomic mass is 32.2. The molecule has 0 bridgehead atoms. The van der Waals surface area contributed by atoms with Gasteiger partial charge >= 0.3 is 0 Å². The quantitative estimate of drug-likeness (QED) is 0.463. The van der Waals surface area contributed by atoms with Gasteiger partial charge in [-0.1, -0.05) is 24.3 Å². The van der Waals surface area contributed by atoms with Gasteiger partial charge < -0.3 is 15.0 Å². The van der Waals surface area contributed by atoms with Gasteiger partial charge in [-0.3, -0.25) is 9.78 Å². The van der Waals surface area contributed by atoms with Crippen LogP contribution in [0, 0.1) is 0 Å². The number of fused-ring (bicyclic) bond motifs is 1. The van der Waals surface area contributed by atoms with E-state index >= 15 is 0 Å². The summed E-state index contributed by atoms with van der Waals surface area (Å²) >= 11 is 0. The van der Waals surface area contributed by atoms with E-state index in [1.807, 2.05) is 6.07 Å². The maximum absolute atomic E-state index is 12.9. The molecule has 0 spiro atoms. The Morgan fingerprint density at radius 1 is 1.03 bits per heavy atom. The van der Waals surface area contributed by atoms with Crippen LogP contribution in [-0.4, -0.2) is 31.4 Å². The maximum Gasteiger partial charge on any atom is 0.267 e. The van der Waals surface area contributed by atoms with Crippen molar-refractivity contribution in [1.82, 2.24) is 15.3 Å². The highest BCUT2D eigenvalue weighted by Crippen LogP contribution is 2.22. The molecule has 158 valence electrons. The third-order valence-electron chi connectivity index (χ3n) is 4.87. The van der Waals surface area contributed by atoms with Crippen LogP contribution in [-0.2, 0) is 27.7 Å². The van der Waals surface area contributed by atoms with Gasteiger partial charge in [0, 0.05) is 37.0 Å². The first-order chi connectivity index (χ1) is 15.0. The Balaban J connectivity index is 1.45. The van der Waals surface area contributed by atoms with E-state index in [4.69, 9.17) is 4.74 Å². The van der Waals surface area contributed by atoms with E-state index in [1.54, 1.807) is 74.1 Å². The minimum Gasteiger partial charge on any atom is -0.380 e. The summed E-state index contributed by atoms with van der Waals surface area (Å²) in [7, 11) is -2.08. The maximum atomic E-state index is 12.9. The Morgan fingerprint density at radius 3 is 2.58 bits per heavy atom. The van der Waals surface area contributed by atoms with Crippen molar-refractivity contribution in [2.45, 2.75) is 22.9 Å². The number of pyridine rings is 1. The van der Waals surface area contributed by atoms with E-state index in [1.165, 1.54) is 0 Å². The fraction of sp³-hybridized carbons (Fsp3) is 0.130. The number of methoxy groups -OCH3 is 1. The summed E-state index contributed by atoms with van der Waals surface area (Å²) in [4.78, 5) is 19.9. The van der Waals surface area contributed by atoms with Gasteiger partial charge in [0.15, 0.2) is 0 Å². The predicted octanol–water partition coefficient (Wildman–Crippen LogP) is 3.47. The second kappa shape index (κ2) is 8.71. The fourth-order valence-electron chi connectivity index (χ4n) is 3.26. The lowest BCUT2D eigenvalue weighted by molar-refractivity contribution is 0.0946. The van der Waals surface area contributed by atoms with Crippen LogP contribution >= 0.6 is 0 Å². The van der Waals surface area contributed by atoms with Crippen molar-refractivity contribution in [2.24, 2.45) is 0 Å². The number of sulfone groups is 1. The summed E-state index contributed by atoms with van der Waals surface area (Å²) in [5, 5.41) is 3.69. The lowest BCUT2D eigenvalue weighted by Gasteiger charge is -2.08. The average Bonchev–Trinajstić information content (AvgIpc) is 3.23. The smallest absolute Gasteiger partial charge is 0.267 e. The second-order valence-corrected chi connectivity index (χ2v) is 9.01. The van der Waals surface area contributed by atoms with Crippen LogP contribution in [0.3, 0.4) is 0 Å². The zero-order chi connectivity index (χ0) is 21.8. The minimum atomic E-state index is -3.64. The number of carbonyl (C=O) groups is 1. The van der Waals surface area contributed by atoms with Crippen molar-refractivity contribution in [1.29, 1.82) is 0 Å². The first kappa shape index (κ1) is 20.8. The van der Waals surface area contributed by atoms with Gasteiger partial charge in [0.2, 0.25) is 9.84 Å². The highest BCUT2D eigenvalue weighted by Gasteiger charge is 2.18. The first-order valence-corrected chi connectivity index (χ1v) is 11.1. The molecule has 0 unspecified atom stereocenters. The van der Waals surface area contributed by atoms with Crippen LogP contribution in [0.4, 0.5) is 0 Å². The molecule has 4 rings (SSSR count). The van der Waals surface area contributed by atoms with Crippen molar-refractivity contribution >= 4 is 26.6 Å². The standard InChI is InChI=1S/C23H21N3O4S/c1-30-15-17-3-2-4-20(11-17)31(28,29)19-7-5-16(6-8-19)13-25-23(27)22-12-18-14-24-10-9-21(18)26-22/h2-12,14,26H,13,15H2,1H3,(H,25,27). The molecule has 8 heteroatoms. The van der Waals surface area contributed by atoms with Crippen LogP contribution in [0.2, 0.25) is 0 Å². The number of aromatic nitrogens is 2. The molecule has 4 aromatic rings. The Labute approximate surface area is 180 Å². The Morgan fingerprint density at radius 2 is 1.84 bits per heavy atom. The number of hydrogen-bond acceptors (Lipinski definition) is 5. The average molecular weight is 436 g/mol. The highest BCUT2D eigenvalue weighted by molar-refractivity contribution is 7.91. The topological polar surface area (TPSA) is 101 Å². The summed E-state index contributed by atoms with van der Waals surface area (Å²) in [6, 6.07) is 16.7. The lowest BCUT2D eigenvalue weighted by atomic mass is 10.2. The van der Waals surface area contributed by atoms with E-state index in [0.29, 0.717) is 12.3 Å². The fourth-order valence-corrected chi connectivity index (χ4v) is 4.59. The number of H-pyrrole nitrogens is 1. The van der Waals surface area contributed by atoms with Crippen molar-refractivity contribution in [3.8, 4) is 0 Å². The van der Waals surface area contributed by atoms with Crippen LogP contribution in [0.15, 0.2) is 82.8 Å². The van der Waals surface area contributed by atoms with E-state index in [-0.39, 0.29) is 22.2 Å². The molecule has 2 heterocycles. The third kappa shape index (κ3) is 4.50. The third-order valence-corrected chi connectivity index (χ3v) is 6.64. The predicted molar refractivity (Wildman–Crippen MR) is 116 cm³/mol. The van der Waals surface area contributed by atoms with Gasteiger partial charge in [0.05, 0.1) is 16.4 Å². The number of ether oxygens (including phenoxy) is 1. The van der Waals surface area contributed by atoms with E-state index in [0.717, 1.165) is 22.0 Å². The van der Waals surface area contributed by atoms with Crippen LogP contribution in [0.5, 0.6) is 0 Å². The zero-order valence-electron chi connectivity index (χ0n) is 16.8. The molecule has 0 saturated carbocycles. The number of hydrogen-bond donors (Lipinski definition) is 2. The minimum absolute atomic E-state index is 0.195. The molecule has 0 saturated heterocycles. The normalized spacial score (nSPS) is 11.5. The number of nitrogens with zero attached hydrogens (tertiary/aromatic N) is 1. The lowest BCUT2D eigenvalue weighted by Crippen LogP contribution is -2.23. The number of aromatic amines is 1. The monoisotopic (exact) mass is 435 g/mol. The molecule has 0 aliphatic rings. The largest absolute Gasteiger partial charge is 0.380 e. The molecular formula is C23H21N3O4S. The Bertz CT molecular complexity index is 1300. The molecule has 2 N–H and O–H groups in total. The summed E-state index contributed by atoms with van der Waals surface area (Å²) in [6.45, 7) is 0.616. The van der Waals surface area contributed by atoms with Crippen molar-refractivity contribution in [3.63, 3.8) is 0 Å². The van der Waals surface area contributed by atoms with Gasteiger partial charge in [0.1, 0.15) is 5.69 Å². The molecule has 2 aromatic carbocycles. The summed E-state index contributed by atoms with van der Waals surface area (Å²) < 4.78 is 30.9. The number of amides is 1. The SMILES string of the molecule is COCc1cccc(S(=O)(=O)c2ccc(CNC(=O)c3cc4cnccc4[nH]3)cc2)c1. The number of benzene rings is 2. The molecule has 1 amide bonds. The van der Waals surface area contributed by atoms with Crippen molar-refractivity contribution < 1.29 is 17.9 Å². The van der Waals surface area contributed by atoms with E-state index in [9.17, 15) is 13.2 Å². The van der Waals surface area contributed by atoms with Gasteiger partial charge in [-0.2, -0.15) is 0 Å². The summed E-state index contributed by atoms with van der Waals surface area (Å²) in [5.74, 6) is -0.247. The molecule has 0 aliphatic carbocycles. The molecule has 0 atom stereocenters. The van der Waals surface area contributed by atoms with Crippen LogP contribution in [0.1, 0.15) is 21.6 Å². The number of nitrogens with one attached hydrogen (secondary N) is 2. The molecular weight excluding hydrogens is 414 g/mol. The molecule has 0 aliphatic heterocycles. The van der Waals surface area contributed by atoms with Gasteiger partial charge in [-0.15, -0.1) is 0 Å². The Hall–Kier alpha value is -3.49. The summed E-state index contributed by atoms with van der Waals surface area (Å²) in [6.07, 6.45) is 3.34. The van der Waals surface area contributed by atoms with Gasteiger partial charge in [-0.05, 0) is 47.5 Å².